The van der Waals surface area contributed by atoms with Crippen molar-refractivity contribution in [3.05, 3.63) is 65.2 Å². The summed E-state index contributed by atoms with van der Waals surface area (Å²) in [5, 5.41) is 7.57. The van der Waals surface area contributed by atoms with Crippen LogP contribution < -0.4 is 16.0 Å². The van der Waals surface area contributed by atoms with Gasteiger partial charge in [0.15, 0.2) is 6.61 Å². The first-order valence-electron chi connectivity index (χ1n) is 8.96. The van der Waals surface area contributed by atoms with Crippen molar-refractivity contribution in [3.63, 3.8) is 0 Å². The van der Waals surface area contributed by atoms with Gasteiger partial charge in [-0.1, -0.05) is 23.8 Å². The minimum absolute atomic E-state index is 0.286. The first kappa shape index (κ1) is 21.6. The van der Waals surface area contributed by atoms with E-state index < -0.39 is 30.4 Å². The van der Waals surface area contributed by atoms with Crippen LogP contribution in [0.3, 0.4) is 0 Å². The highest BCUT2D eigenvalue weighted by Gasteiger charge is 2.19. The first-order valence-corrected chi connectivity index (χ1v) is 8.96. The van der Waals surface area contributed by atoms with Crippen LogP contribution >= 0.6 is 0 Å². The van der Waals surface area contributed by atoms with E-state index in [2.05, 4.69) is 16.0 Å². The largest absolute Gasteiger partial charge is 0.454 e. The molecule has 3 N–H and O–H groups in total. The molecule has 0 bridgehead atoms. The maximum atomic E-state index is 12.2. The molecule has 0 aromatic heterocycles. The van der Waals surface area contributed by atoms with Gasteiger partial charge in [0.1, 0.15) is 6.04 Å². The van der Waals surface area contributed by atoms with Crippen LogP contribution in [0.25, 0.3) is 0 Å². The summed E-state index contributed by atoms with van der Waals surface area (Å²) in [6.07, 6.45) is 0. The van der Waals surface area contributed by atoms with Gasteiger partial charge in [-0.05, 0) is 44.2 Å². The van der Waals surface area contributed by atoms with Gasteiger partial charge in [0.2, 0.25) is 0 Å². The highest BCUT2D eigenvalue weighted by atomic mass is 16.5. The van der Waals surface area contributed by atoms with Crippen LogP contribution in [0.4, 0.5) is 5.69 Å². The van der Waals surface area contributed by atoms with Crippen LogP contribution in [-0.2, 0) is 14.3 Å². The van der Waals surface area contributed by atoms with Crippen LogP contribution in [0.2, 0.25) is 0 Å². The van der Waals surface area contributed by atoms with Gasteiger partial charge >= 0.3 is 5.97 Å². The zero-order chi connectivity index (χ0) is 21.4. The number of carbonyl (C=O) groups excluding carboxylic acids is 4. The molecular formula is C21H23N3O5. The van der Waals surface area contributed by atoms with Crippen molar-refractivity contribution >= 4 is 29.4 Å². The van der Waals surface area contributed by atoms with Gasteiger partial charge < -0.3 is 20.7 Å². The summed E-state index contributed by atoms with van der Waals surface area (Å²) in [4.78, 5) is 47.8. The van der Waals surface area contributed by atoms with E-state index in [-0.39, 0.29) is 5.91 Å². The summed E-state index contributed by atoms with van der Waals surface area (Å²) >= 11 is 0. The second kappa shape index (κ2) is 10.0. The molecule has 29 heavy (non-hydrogen) atoms. The normalized spacial score (nSPS) is 11.1. The fourth-order valence-electron chi connectivity index (χ4n) is 2.47. The van der Waals surface area contributed by atoms with Gasteiger partial charge in [-0.25, -0.2) is 4.79 Å². The van der Waals surface area contributed by atoms with Gasteiger partial charge in [0.25, 0.3) is 17.7 Å². The van der Waals surface area contributed by atoms with Crippen molar-refractivity contribution in [2.24, 2.45) is 0 Å². The number of amides is 3. The Hall–Kier alpha value is -3.68. The van der Waals surface area contributed by atoms with Gasteiger partial charge in [0.05, 0.1) is 0 Å². The number of anilines is 1. The number of carbonyl (C=O) groups is 4. The lowest BCUT2D eigenvalue weighted by atomic mass is 10.1. The van der Waals surface area contributed by atoms with Gasteiger partial charge in [-0.2, -0.15) is 0 Å². The third kappa shape index (κ3) is 6.46. The molecule has 152 valence electrons. The highest BCUT2D eigenvalue weighted by Crippen LogP contribution is 2.10. The molecule has 0 aliphatic carbocycles. The van der Waals surface area contributed by atoms with E-state index in [4.69, 9.17) is 4.74 Å². The summed E-state index contributed by atoms with van der Waals surface area (Å²) < 4.78 is 4.95. The molecule has 0 radical (unpaired) electrons. The lowest BCUT2D eigenvalue weighted by Gasteiger charge is -2.14. The molecule has 1 atom stereocenters. The quantitative estimate of drug-likeness (QED) is 0.615. The third-order valence-corrected chi connectivity index (χ3v) is 3.96. The molecule has 8 nitrogen and oxygen atoms in total. The van der Waals surface area contributed by atoms with Crippen molar-refractivity contribution in [2.45, 2.75) is 19.9 Å². The summed E-state index contributed by atoms with van der Waals surface area (Å²) in [6, 6.07) is 12.4. The van der Waals surface area contributed by atoms with E-state index >= 15 is 0 Å². The predicted octanol–water partition coefficient (Wildman–Crippen LogP) is 1.65. The van der Waals surface area contributed by atoms with Crippen LogP contribution in [0.5, 0.6) is 0 Å². The van der Waals surface area contributed by atoms with Gasteiger partial charge in [-0.15, -0.1) is 0 Å². The zero-order valence-electron chi connectivity index (χ0n) is 16.4. The number of aryl methyl sites for hydroxylation is 1. The zero-order valence-corrected chi connectivity index (χ0v) is 16.4. The lowest BCUT2D eigenvalue weighted by molar-refractivity contribution is -0.148. The molecule has 0 spiro atoms. The lowest BCUT2D eigenvalue weighted by Crippen LogP contribution is -2.40. The van der Waals surface area contributed by atoms with E-state index in [9.17, 15) is 19.2 Å². The van der Waals surface area contributed by atoms with E-state index in [0.717, 1.165) is 5.56 Å². The average molecular weight is 397 g/mol. The molecule has 2 aromatic rings. The predicted molar refractivity (Wildman–Crippen MR) is 108 cm³/mol. The molecule has 0 saturated carbocycles. The maximum Gasteiger partial charge on any atom is 0.328 e. The summed E-state index contributed by atoms with van der Waals surface area (Å²) in [7, 11) is 1.51. The van der Waals surface area contributed by atoms with E-state index in [0.29, 0.717) is 16.8 Å². The maximum absolute atomic E-state index is 12.2. The SMILES string of the molecule is CNC(=O)c1cccc(NC(=O)COC(=O)[C@H](C)NC(=O)c2cccc(C)c2)c1. The van der Waals surface area contributed by atoms with Gasteiger partial charge in [-0.3, -0.25) is 14.4 Å². The number of benzene rings is 2. The Balaban J connectivity index is 1.84. The van der Waals surface area contributed by atoms with Crippen molar-refractivity contribution < 1.29 is 23.9 Å². The molecule has 0 fully saturated rings. The van der Waals surface area contributed by atoms with E-state index in [1.165, 1.54) is 20.0 Å². The Morgan fingerprint density at radius 3 is 2.28 bits per heavy atom. The number of hydrogen-bond donors (Lipinski definition) is 3. The summed E-state index contributed by atoms with van der Waals surface area (Å²) in [5.41, 5.74) is 2.13. The van der Waals surface area contributed by atoms with Crippen LogP contribution in [0.1, 0.15) is 33.2 Å². The fourth-order valence-corrected chi connectivity index (χ4v) is 2.47. The Morgan fingerprint density at radius 1 is 0.966 bits per heavy atom. The summed E-state index contributed by atoms with van der Waals surface area (Å²) in [6.45, 7) is 2.81. The Labute approximate surface area is 168 Å². The smallest absolute Gasteiger partial charge is 0.328 e. The topological polar surface area (TPSA) is 114 Å². The molecule has 0 saturated heterocycles. The average Bonchev–Trinajstić information content (AvgIpc) is 2.71. The fraction of sp³-hybridized carbons (Fsp3) is 0.238. The molecule has 8 heteroatoms. The molecule has 2 aromatic carbocycles. The standard InChI is InChI=1S/C21H23N3O5/c1-13-6-4-7-15(10-13)20(27)23-14(2)21(28)29-12-18(25)24-17-9-5-8-16(11-17)19(26)22-3/h4-11,14H,12H2,1-3H3,(H,22,26)(H,23,27)(H,24,25)/t14-/m0/s1. The van der Waals surface area contributed by atoms with Crippen LogP contribution in [0.15, 0.2) is 48.5 Å². The Kier molecular flexibility index (Phi) is 7.47. The van der Waals surface area contributed by atoms with Crippen molar-refractivity contribution in [1.29, 1.82) is 0 Å². The number of ether oxygens (including phenoxy) is 1. The number of nitrogens with one attached hydrogen (secondary N) is 3. The third-order valence-electron chi connectivity index (χ3n) is 3.96. The molecule has 0 unspecified atom stereocenters. The van der Waals surface area contributed by atoms with Crippen molar-refractivity contribution in [3.8, 4) is 0 Å². The number of hydrogen-bond acceptors (Lipinski definition) is 5. The summed E-state index contributed by atoms with van der Waals surface area (Å²) in [5.74, 6) is -2.00. The van der Waals surface area contributed by atoms with Crippen molar-refractivity contribution in [1.82, 2.24) is 10.6 Å². The van der Waals surface area contributed by atoms with Crippen LogP contribution in [-0.4, -0.2) is 43.4 Å². The Morgan fingerprint density at radius 2 is 1.62 bits per heavy atom. The minimum Gasteiger partial charge on any atom is -0.454 e. The monoisotopic (exact) mass is 397 g/mol. The van der Waals surface area contributed by atoms with Crippen LogP contribution in [0, 0.1) is 6.92 Å². The molecule has 2 rings (SSSR count). The molecule has 0 heterocycles. The molecule has 0 aliphatic heterocycles. The Bertz CT molecular complexity index is 926. The van der Waals surface area contributed by atoms with E-state index in [1.807, 2.05) is 13.0 Å². The minimum atomic E-state index is -0.924. The number of rotatable bonds is 7. The highest BCUT2D eigenvalue weighted by molar-refractivity contribution is 5.98. The number of esters is 1. The second-order valence-corrected chi connectivity index (χ2v) is 6.38. The molecule has 3 amide bonds. The van der Waals surface area contributed by atoms with Crippen molar-refractivity contribution in [2.75, 3.05) is 19.0 Å². The molecular weight excluding hydrogens is 374 g/mol. The first-order chi connectivity index (χ1) is 13.8. The van der Waals surface area contributed by atoms with E-state index in [1.54, 1.807) is 36.4 Å². The molecule has 0 aliphatic rings. The second-order valence-electron chi connectivity index (χ2n) is 6.38. The van der Waals surface area contributed by atoms with Gasteiger partial charge in [0, 0.05) is 23.9 Å².